The van der Waals surface area contributed by atoms with E-state index in [1.165, 1.54) is 4.90 Å². The minimum Gasteiger partial charge on any atom is -0.480 e. The number of carboxylic acids is 1. The third-order valence-corrected chi connectivity index (χ3v) is 4.57. The molecule has 0 aliphatic carbocycles. The van der Waals surface area contributed by atoms with Crippen molar-refractivity contribution < 1.29 is 14.7 Å². The first-order chi connectivity index (χ1) is 8.52. The fourth-order valence-electron chi connectivity index (χ4n) is 2.01. The maximum Gasteiger partial charge on any atom is 0.327 e. The Hall–Kier alpha value is -0.910. The Balaban J connectivity index is 2.74. The van der Waals surface area contributed by atoms with Crippen LogP contribution in [-0.4, -0.2) is 57.7 Å². The van der Waals surface area contributed by atoms with Crippen molar-refractivity contribution in [3.05, 3.63) is 0 Å². The second-order valence-corrected chi connectivity index (χ2v) is 5.73. The summed E-state index contributed by atoms with van der Waals surface area (Å²) in [6, 6.07) is -0.843. The van der Waals surface area contributed by atoms with Crippen LogP contribution in [-0.2, 0) is 4.79 Å². The largest absolute Gasteiger partial charge is 0.480 e. The molecule has 1 rings (SSSR count). The van der Waals surface area contributed by atoms with Gasteiger partial charge in [0, 0.05) is 19.3 Å². The fraction of sp³-hybridized carbons (Fsp3) is 0.833. The highest BCUT2D eigenvalue weighted by Gasteiger charge is 2.41. The SMILES string of the molecule is CCCCN(C)C(=O)N1C(CC)SCC1C(=O)O. The van der Waals surface area contributed by atoms with Gasteiger partial charge < -0.3 is 10.0 Å². The molecule has 2 unspecified atom stereocenters. The molecule has 1 N–H and O–H groups in total. The topological polar surface area (TPSA) is 60.9 Å². The van der Waals surface area contributed by atoms with Gasteiger partial charge in [0.15, 0.2) is 0 Å². The maximum absolute atomic E-state index is 12.3. The van der Waals surface area contributed by atoms with Gasteiger partial charge in [-0.15, -0.1) is 11.8 Å². The molecule has 0 aromatic heterocycles. The number of nitrogens with zero attached hydrogens (tertiary/aromatic N) is 2. The molecule has 0 saturated carbocycles. The second-order valence-electron chi connectivity index (χ2n) is 4.52. The Bertz CT molecular complexity index is 312. The number of carbonyl (C=O) groups excluding carboxylic acids is 1. The molecule has 18 heavy (non-hydrogen) atoms. The molecule has 1 heterocycles. The lowest BCUT2D eigenvalue weighted by atomic mass is 10.2. The van der Waals surface area contributed by atoms with Gasteiger partial charge in [-0.2, -0.15) is 0 Å². The van der Waals surface area contributed by atoms with Crippen LogP contribution in [0.3, 0.4) is 0 Å². The third kappa shape index (κ3) is 3.31. The molecule has 5 nitrogen and oxygen atoms in total. The Morgan fingerprint density at radius 1 is 1.44 bits per heavy atom. The molecule has 2 atom stereocenters. The van der Waals surface area contributed by atoms with Crippen molar-refractivity contribution >= 4 is 23.8 Å². The molecule has 1 aliphatic heterocycles. The summed E-state index contributed by atoms with van der Waals surface area (Å²) < 4.78 is 0. The number of carbonyl (C=O) groups is 2. The minimum atomic E-state index is -0.907. The van der Waals surface area contributed by atoms with E-state index in [0.717, 1.165) is 19.3 Å². The summed E-state index contributed by atoms with van der Waals surface area (Å²) >= 11 is 1.55. The standard InChI is InChI=1S/C12H22N2O3S/c1-4-6-7-13(3)12(17)14-9(11(15)16)8-18-10(14)5-2/h9-10H,4-8H2,1-3H3,(H,15,16). The normalized spacial score (nSPS) is 23.2. The van der Waals surface area contributed by atoms with Gasteiger partial charge in [-0.3, -0.25) is 4.90 Å². The van der Waals surface area contributed by atoms with E-state index >= 15 is 0 Å². The van der Waals surface area contributed by atoms with Crippen molar-refractivity contribution in [3.63, 3.8) is 0 Å². The van der Waals surface area contributed by atoms with Crippen molar-refractivity contribution in [2.24, 2.45) is 0 Å². The van der Waals surface area contributed by atoms with Gasteiger partial charge in [0.05, 0.1) is 5.37 Å². The molecular weight excluding hydrogens is 252 g/mol. The molecule has 0 aromatic carbocycles. The highest BCUT2D eigenvalue weighted by Crippen LogP contribution is 2.32. The van der Waals surface area contributed by atoms with E-state index in [0.29, 0.717) is 12.3 Å². The van der Waals surface area contributed by atoms with Crippen LogP contribution in [0.25, 0.3) is 0 Å². The number of hydrogen-bond acceptors (Lipinski definition) is 3. The number of hydrogen-bond donors (Lipinski definition) is 1. The molecular formula is C12H22N2O3S. The van der Waals surface area contributed by atoms with Crippen molar-refractivity contribution in [1.29, 1.82) is 0 Å². The fourth-order valence-corrected chi connectivity index (χ4v) is 3.35. The lowest BCUT2D eigenvalue weighted by Crippen LogP contribution is -2.50. The summed E-state index contributed by atoms with van der Waals surface area (Å²) in [4.78, 5) is 26.7. The molecule has 1 fully saturated rings. The van der Waals surface area contributed by atoms with Crippen LogP contribution >= 0.6 is 11.8 Å². The molecule has 1 saturated heterocycles. The van der Waals surface area contributed by atoms with Crippen LogP contribution in [0.1, 0.15) is 33.1 Å². The Kier molecular flexibility index (Phi) is 5.78. The Morgan fingerprint density at radius 3 is 2.61 bits per heavy atom. The van der Waals surface area contributed by atoms with Gasteiger partial charge in [-0.05, 0) is 12.8 Å². The lowest BCUT2D eigenvalue weighted by molar-refractivity contribution is -0.141. The number of urea groups is 1. The van der Waals surface area contributed by atoms with E-state index in [2.05, 4.69) is 6.92 Å². The monoisotopic (exact) mass is 274 g/mol. The van der Waals surface area contributed by atoms with Gasteiger partial charge in [-0.25, -0.2) is 9.59 Å². The van der Waals surface area contributed by atoms with E-state index in [1.54, 1.807) is 23.7 Å². The highest BCUT2D eigenvalue weighted by atomic mass is 32.2. The van der Waals surface area contributed by atoms with Crippen LogP contribution in [0.15, 0.2) is 0 Å². The molecule has 0 spiro atoms. The predicted molar refractivity (Wildman–Crippen MR) is 72.7 cm³/mol. The first kappa shape index (κ1) is 15.1. The molecule has 104 valence electrons. The summed E-state index contributed by atoms with van der Waals surface area (Å²) in [5, 5.41) is 9.17. The average molecular weight is 274 g/mol. The lowest BCUT2D eigenvalue weighted by Gasteiger charge is -2.31. The second kappa shape index (κ2) is 6.87. The van der Waals surface area contributed by atoms with E-state index in [9.17, 15) is 14.7 Å². The number of carboxylic acid groups (broad SMARTS) is 1. The molecule has 1 aliphatic rings. The molecule has 0 radical (unpaired) electrons. The van der Waals surface area contributed by atoms with E-state index < -0.39 is 12.0 Å². The smallest absolute Gasteiger partial charge is 0.327 e. The zero-order valence-electron chi connectivity index (χ0n) is 11.3. The quantitative estimate of drug-likeness (QED) is 0.834. The van der Waals surface area contributed by atoms with Gasteiger partial charge >= 0.3 is 12.0 Å². The zero-order chi connectivity index (χ0) is 13.7. The van der Waals surface area contributed by atoms with Crippen LogP contribution in [0.5, 0.6) is 0 Å². The predicted octanol–water partition coefficient (Wildman–Crippen LogP) is 2.08. The number of thioether (sulfide) groups is 1. The van der Waals surface area contributed by atoms with E-state index in [1.807, 2.05) is 6.92 Å². The van der Waals surface area contributed by atoms with Crippen LogP contribution < -0.4 is 0 Å². The molecule has 2 amide bonds. The van der Waals surface area contributed by atoms with Crippen LogP contribution in [0, 0.1) is 0 Å². The molecule has 0 aromatic rings. The van der Waals surface area contributed by atoms with E-state index in [4.69, 9.17) is 0 Å². The minimum absolute atomic E-state index is 0.0114. The van der Waals surface area contributed by atoms with Crippen molar-refractivity contribution in [1.82, 2.24) is 9.80 Å². The van der Waals surface area contributed by atoms with Crippen LogP contribution in [0.4, 0.5) is 4.79 Å². The van der Waals surface area contributed by atoms with Crippen molar-refractivity contribution in [2.45, 2.75) is 44.5 Å². The molecule has 6 heteroatoms. The number of amides is 2. The first-order valence-electron chi connectivity index (χ1n) is 6.40. The molecule has 0 bridgehead atoms. The summed E-state index contributed by atoms with van der Waals surface area (Å²) in [6.07, 6.45) is 2.74. The first-order valence-corrected chi connectivity index (χ1v) is 7.45. The van der Waals surface area contributed by atoms with Gasteiger partial charge in [-0.1, -0.05) is 20.3 Å². The van der Waals surface area contributed by atoms with Gasteiger partial charge in [0.2, 0.25) is 0 Å². The van der Waals surface area contributed by atoms with Crippen molar-refractivity contribution in [3.8, 4) is 0 Å². The number of aliphatic carboxylic acids is 1. The number of rotatable bonds is 5. The maximum atomic E-state index is 12.3. The van der Waals surface area contributed by atoms with Gasteiger partial charge in [0.1, 0.15) is 6.04 Å². The average Bonchev–Trinajstić information content (AvgIpc) is 2.78. The number of unbranched alkanes of at least 4 members (excludes halogenated alkanes) is 1. The zero-order valence-corrected chi connectivity index (χ0v) is 12.1. The summed E-state index contributed by atoms with van der Waals surface area (Å²) in [5.74, 6) is -0.419. The van der Waals surface area contributed by atoms with Crippen LogP contribution in [0.2, 0.25) is 0 Å². The third-order valence-electron chi connectivity index (χ3n) is 3.12. The Morgan fingerprint density at radius 2 is 2.11 bits per heavy atom. The van der Waals surface area contributed by atoms with Gasteiger partial charge in [0.25, 0.3) is 0 Å². The van der Waals surface area contributed by atoms with Crippen molar-refractivity contribution in [2.75, 3.05) is 19.3 Å². The highest BCUT2D eigenvalue weighted by molar-refractivity contribution is 8.00. The Labute approximate surface area is 113 Å². The summed E-state index contributed by atoms with van der Waals surface area (Å²) in [5.41, 5.74) is 0. The van der Waals surface area contributed by atoms with E-state index in [-0.39, 0.29) is 11.4 Å². The summed E-state index contributed by atoms with van der Waals surface area (Å²) in [6.45, 7) is 4.73. The summed E-state index contributed by atoms with van der Waals surface area (Å²) in [7, 11) is 1.74.